The molecule has 0 amide bonds. The molecule has 0 bridgehead atoms. The Morgan fingerprint density at radius 2 is 1.80 bits per heavy atom. The number of fused-ring (bicyclic) bond motifs is 1. The van der Waals surface area contributed by atoms with E-state index in [1.807, 2.05) is 44.2 Å². The Kier molecular flexibility index (Phi) is 8.39. The summed E-state index contributed by atoms with van der Waals surface area (Å²) >= 11 is 0. The summed E-state index contributed by atoms with van der Waals surface area (Å²) in [6.45, 7) is 7.83. The summed E-state index contributed by atoms with van der Waals surface area (Å²) in [7, 11) is 2.93. The fourth-order valence-electron chi connectivity index (χ4n) is 4.75. The summed E-state index contributed by atoms with van der Waals surface area (Å²) in [6, 6.07) is 13.0. The van der Waals surface area contributed by atoms with Crippen molar-refractivity contribution in [3.05, 3.63) is 64.8 Å². The van der Waals surface area contributed by atoms with Crippen LogP contribution in [0.1, 0.15) is 60.8 Å². The average molecular weight is 550 g/mol. The molecule has 0 spiro atoms. The maximum absolute atomic E-state index is 13.3. The molecule has 3 aromatic rings. The largest absolute Gasteiger partial charge is 0.493 e. The van der Waals surface area contributed by atoms with Gasteiger partial charge in [0.25, 0.3) is 0 Å². The van der Waals surface area contributed by atoms with E-state index in [-0.39, 0.29) is 25.2 Å². The van der Waals surface area contributed by atoms with Crippen LogP contribution in [0, 0.1) is 6.92 Å². The van der Waals surface area contributed by atoms with Crippen LogP contribution in [0.2, 0.25) is 0 Å². The monoisotopic (exact) mass is 549 g/mol. The summed E-state index contributed by atoms with van der Waals surface area (Å²) in [6.07, 6.45) is -0.514. The molecule has 40 heavy (non-hydrogen) atoms. The number of carbonyl (C=O) groups is 1. The van der Waals surface area contributed by atoms with E-state index >= 15 is 0 Å². The van der Waals surface area contributed by atoms with E-state index in [0.29, 0.717) is 35.1 Å². The van der Waals surface area contributed by atoms with E-state index < -0.39 is 17.2 Å². The smallest absolute Gasteiger partial charge is 0.203 e. The average Bonchev–Trinajstić information content (AvgIpc) is 3.24. The van der Waals surface area contributed by atoms with Crippen molar-refractivity contribution in [3.8, 4) is 28.5 Å². The van der Waals surface area contributed by atoms with Crippen molar-refractivity contribution >= 4 is 11.5 Å². The van der Waals surface area contributed by atoms with Crippen LogP contribution in [0.3, 0.4) is 0 Å². The highest BCUT2D eigenvalue weighted by Gasteiger charge is 2.36. The topological polar surface area (TPSA) is 136 Å². The number of hydrogen-bond acceptors (Lipinski definition) is 9. The third kappa shape index (κ3) is 6.06. The number of pyridine rings is 1. The number of rotatable bonds is 11. The summed E-state index contributed by atoms with van der Waals surface area (Å²) < 4.78 is 16.5. The minimum Gasteiger partial charge on any atom is -0.493 e. The minimum absolute atomic E-state index is 0.0403. The fraction of sp³-hybridized carbons (Fsp3) is 0.419. The third-order valence-corrected chi connectivity index (χ3v) is 7.23. The number of aliphatic hydroxyl groups is 2. The molecule has 3 unspecified atom stereocenters. The van der Waals surface area contributed by atoms with Crippen molar-refractivity contribution in [2.45, 2.75) is 57.8 Å². The molecule has 9 nitrogen and oxygen atoms in total. The number of ether oxygens (including phenoxy) is 3. The normalized spacial score (nSPS) is 18.3. The first kappa shape index (κ1) is 29.3. The zero-order valence-electron chi connectivity index (χ0n) is 24.0. The van der Waals surface area contributed by atoms with Gasteiger partial charge in [0.15, 0.2) is 17.3 Å². The van der Waals surface area contributed by atoms with Gasteiger partial charge >= 0.3 is 0 Å². The molecule has 3 atom stereocenters. The maximum Gasteiger partial charge on any atom is 0.203 e. The van der Waals surface area contributed by atoms with Crippen LogP contribution in [-0.2, 0) is 11.1 Å². The summed E-state index contributed by atoms with van der Waals surface area (Å²) in [5, 5.41) is 24.6. The number of nitrogens with zero attached hydrogens (tertiary/aromatic N) is 1. The number of Topliss-reactive ketones (excluding diaryl/α,β-unsaturated/α-hetero) is 1. The predicted octanol–water partition coefficient (Wildman–Crippen LogP) is 4.30. The van der Waals surface area contributed by atoms with Gasteiger partial charge in [-0.1, -0.05) is 29.8 Å². The lowest BCUT2D eigenvalue weighted by molar-refractivity contribution is 0.0397. The Balaban J connectivity index is 1.62. The van der Waals surface area contributed by atoms with Gasteiger partial charge in [0.1, 0.15) is 12.2 Å². The number of benzene rings is 2. The number of hydrogen-bond donors (Lipinski definition) is 4. The van der Waals surface area contributed by atoms with Crippen molar-refractivity contribution in [2.24, 2.45) is 5.73 Å². The van der Waals surface area contributed by atoms with E-state index in [9.17, 15) is 15.0 Å². The number of nitrogens with two attached hydrogens (primary N) is 1. The van der Waals surface area contributed by atoms with Crippen molar-refractivity contribution in [2.75, 3.05) is 32.7 Å². The Bertz CT molecular complexity index is 1360. The first-order valence-electron chi connectivity index (χ1n) is 13.3. The molecule has 1 aromatic heterocycles. The van der Waals surface area contributed by atoms with Crippen LogP contribution in [0.4, 0.5) is 5.69 Å². The molecule has 1 aliphatic rings. The van der Waals surface area contributed by atoms with Gasteiger partial charge in [0.05, 0.1) is 42.9 Å². The first-order chi connectivity index (χ1) is 18.9. The van der Waals surface area contributed by atoms with E-state index in [2.05, 4.69) is 5.32 Å². The summed E-state index contributed by atoms with van der Waals surface area (Å²) in [4.78, 5) is 18.2. The van der Waals surface area contributed by atoms with Gasteiger partial charge in [-0.15, -0.1) is 0 Å². The van der Waals surface area contributed by atoms with Crippen LogP contribution in [0.15, 0.2) is 42.5 Å². The van der Waals surface area contributed by atoms with Gasteiger partial charge < -0.3 is 35.5 Å². The highest BCUT2D eigenvalue weighted by atomic mass is 16.5. The molecule has 1 aliphatic heterocycles. The number of anilines is 1. The molecule has 2 heterocycles. The Morgan fingerprint density at radius 3 is 2.38 bits per heavy atom. The standard InChI is InChI=1S/C31H39N3O6/c1-18-7-9-20(10-8-18)27-28-22(30(3,32)17-33-28)15-26(34-27)31(4,37)12-11-23(36)21-13-24(38-5)29(25(14-21)39-6)40-16-19(2)35/h7-10,13-15,19,33,35,37H,11-12,16-17,32H2,1-6H3. The molecule has 0 fully saturated rings. The maximum atomic E-state index is 13.3. The number of ketones is 1. The van der Waals surface area contributed by atoms with Gasteiger partial charge in [0.2, 0.25) is 5.75 Å². The predicted molar refractivity (Wildman–Crippen MR) is 154 cm³/mol. The van der Waals surface area contributed by atoms with Crippen molar-refractivity contribution < 1.29 is 29.2 Å². The molecule has 214 valence electrons. The molecule has 0 aliphatic carbocycles. The van der Waals surface area contributed by atoms with Crippen molar-refractivity contribution in [1.82, 2.24) is 4.98 Å². The summed E-state index contributed by atoms with van der Waals surface area (Å²) in [5.74, 6) is 0.726. The lowest BCUT2D eigenvalue weighted by atomic mass is 9.88. The molecule has 0 saturated heterocycles. The van der Waals surface area contributed by atoms with E-state index in [1.54, 1.807) is 26.0 Å². The molecule has 9 heteroatoms. The van der Waals surface area contributed by atoms with Gasteiger partial charge in [-0.2, -0.15) is 0 Å². The van der Waals surface area contributed by atoms with Gasteiger partial charge in [-0.05, 0) is 52.3 Å². The minimum atomic E-state index is -1.41. The van der Waals surface area contributed by atoms with E-state index in [4.69, 9.17) is 24.9 Å². The molecule has 0 saturated carbocycles. The zero-order chi connectivity index (χ0) is 29.2. The SMILES string of the molecule is COc1cc(C(=O)CCC(C)(O)c2cc3c(c(-c4ccc(C)cc4)n2)NCC3(C)N)cc(OC)c1OCC(C)O. The Hall–Kier alpha value is -3.66. The number of nitrogens with one attached hydrogen (secondary N) is 1. The van der Waals surface area contributed by atoms with Gasteiger partial charge in [-0.3, -0.25) is 4.79 Å². The van der Waals surface area contributed by atoms with Crippen LogP contribution < -0.4 is 25.3 Å². The van der Waals surface area contributed by atoms with Gasteiger partial charge in [-0.25, -0.2) is 4.98 Å². The quantitative estimate of drug-likeness (QED) is 0.258. The summed E-state index contributed by atoms with van der Waals surface area (Å²) in [5.41, 5.74) is 9.87. The second-order valence-corrected chi connectivity index (χ2v) is 11.0. The number of aromatic nitrogens is 1. The number of carbonyl (C=O) groups excluding carboxylic acids is 1. The molecule has 4 rings (SSSR count). The highest BCUT2D eigenvalue weighted by molar-refractivity contribution is 5.97. The van der Waals surface area contributed by atoms with E-state index in [0.717, 1.165) is 28.1 Å². The molecular weight excluding hydrogens is 510 g/mol. The lowest BCUT2D eigenvalue weighted by Crippen LogP contribution is -2.35. The van der Waals surface area contributed by atoms with Crippen LogP contribution in [0.5, 0.6) is 17.2 Å². The van der Waals surface area contributed by atoms with Crippen LogP contribution in [-0.4, -0.2) is 54.5 Å². The number of aryl methyl sites for hydroxylation is 1. The second kappa shape index (κ2) is 11.4. The van der Waals surface area contributed by atoms with E-state index in [1.165, 1.54) is 14.2 Å². The van der Waals surface area contributed by atoms with Crippen molar-refractivity contribution in [1.29, 1.82) is 0 Å². The molecular formula is C31H39N3O6. The number of aliphatic hydroxyl groups excluding tert-OH is 1. The van der Waals surface area contributed by atoms with Crippen LogP contribution in [0.25, 0.3) is 11.3 Å². The fourth-order valence-corrected chi connectivity index (χ4v) is 4.75. The lowest BCUT2D eigenvalue weighted by Gasteiger charge is -2.26. The molecule has 2 aromatic carbocycles. The Morgan fingerprint density at radius 1 is 1.18 bits per heavy atom. The van der Waals surface area contributed by atoms with Crippen molar-refractivity contribution in [3.63, 3.8) is 0 Å². The second-order valence-electron chi connectivity index (χ2n) is 11.0. The number of methoxy groups -OCH3 is 2. The van der Waals surface area contributed by atoms with Crippen LogP contribution >= 0.6 is 0 Å². The highest BCUT2D eigenvalue weighted by Crippen LogP contribution is 2.43. The first-order valence-corrected chi connectivity index (χ1v) is 13.3. The zero-order valence-corrected chi connectivity index (χ0v) is 24.0. The molecule has 5 N–H and O–H groups in total. The van der Waals surface area contributed by atoms with Gasteiger partial charge in [0, 0.05) is 29.7 Å². The molecule has 0 radical (unpaired) electrons. The Labute approximate surface area is 235 Å². The third-order valence-electron chi connectivity index (χ3n) is 7.23.